The van der Waals surface area contributed by atoms with Gasteiger partial charge in [-0.1, -0.05) is 37.1 Å². The molecular formula is C12H15ClO. The smallest absolute Gasteiger partial charge is 0.138 e. The molecule has 0 heterocycles. The van der Waals surface area contributed by atoms with Crippen molar-refractivity contribution in [1.29, 1.82) is 0 Å². The summed E-state index contributed by atoms with van der Waals surface area (Å²) in [6.07, 6.45) is 4.02. The summed E-state index contributed by atoms with van der Waals surface area (Å²) < 4.78 is 5.78. The molecule has 1 aromatic rings. The van der Waals surface area contributed by atoms with Crippen LogP contribution in [0.3, 0.4) is 0 Å². The van der Waals surface area contributed by atoms with E-state index in [2.05, 4.69) is 6.92 Å². The third-order valence-corrected chi connectivity index (χ3v) is 3.21. The number of para-hydroxylation sites is 1. The van der Waals surface area contributed by atoms with E-state index in [-0.39, 0.29) is 0 Å². The molecule has 1 aromatic carbocycles. The predicted octanol–water partition coefficient (Wildman–Crippen LogP) is 3.91. The van der Waals surface area contributed by atoms with Crippen LogP contribution in [0.4, 0.5) is 0 Å². The van der Waals surface area contributed by atoms with Crippen LogP contribution in [-0.4, -0.2) is 6.10 Å². The summed E-state index contributed by atoms with van der Waals surface area (Å²) in [5.74, 6) is 1.69. The molecule has 0 aliphatic heterocycles. The highest BCUT2D eigenvalue weighted by molar-refractivity contribution is 6.32. The molecule has 0 aromatic heterocycles. The average Bonchev–Trinajstić information content (AvgIpc) is 2.13. The van der Waals surface area contributed by atoms with Crippen LogP contribution in [0.25, 0.3) is 0 Å². The minimum Gasteiger partial charge on any atom is -0.489 e. The van der Waals surface area contributed by atoms with E-state index in [1.807, 2.05) is 24.3 Å². The number of benzene rings is 1. The quantitative estimate of drug-likeness (QED) is 0.735. The van der Waals surface area contributed by atoms with Gasteiger partial charge in [-0.25, -0.2) is 0 Å². The van der Waals surface area contributed by atoms with E-state index in [9.17, 15) is 0 Å². The van der Waals surface area contributed by atoms with Gasteiger partial charge in [-0.2, -0.15) is 0 Å². The second-order valence-electron chi connectivity index (χ2n) is 3.92. The van der Waals surface area contributed by atoms with Crippen molar-refractivity contribution in [3.63, 3.8) is 0 Å². The topological polar surface area (TPSA) is 9.23 Å². The SMILES string of the molecule is CC[C@H]1C[C@@H](Oc2ccccc2Cl)C1. The van der Waals surface area contributed by atoms with Crippen molar-refractivity contribution in [1.82, 2.24) is 0 Å². The van der Waals surface area contributed by atoms with Crippen molar-refractivity contribution in [3.8, 4) is 5.75 Å². The first-order chi connectivity index (χ1) is 6.79. The lowest BCUT2D eigenvalue weighted by molar-refractivity contribution is 0.0632. The minimum absolute atomic E-state index is 0.389. The zero-order valence-corrected chi connectivity index (χ0v) is 9.13. The van der Waals surface area contributed by atoms with Gasteiger partial charge >= 0.3 is 0 Å². The van der Waals surface area contributed by atoms with Crippen LogP contribution in [0.15, 0.2) is 24.3 Å². The Kier molecular flexibility index (Phi) is 2.97. The largest absolute Gasteiger partial charge is 0.489 e. The average molecular weight is 211 g/mol. The van der Waals surface area contributed by atoms with Gasteiger partial charge in [-0.05, 0) is 30.9 Å². The van der Waals surface area contributed by atoms with Crippen molar-refractivity contribution < 1.29 is 4.74 Å². The minimum atomic E-state index is 0.389. The lowest BCUT2D eigenvalue weighted by Gasteiger charge is -2.34. The Labute approximate surface area is 90.0 Å². The number of rotatable bonds is 3. The summed E-state index contributed by atoms with van der Waals surface area (Å²) >= 11 is 5.99. The second kappa shape index (κ2) is 4.22. The van der Waals surface area contributed by atoms with Crippen LogP contribution in [0.5, 0.6) is 5.75 Å². The van der Waals surface area contributed by atoms with Gasteiger partial charge in [0, 0.05) is 0 Å². The molecule has 0 saturated heterocycles. The molecule has 1 fully saturated rings. The van der Waals surface area contributed by atoms with Crippen molar-refractivity contribution >= 4 is 11.6 Å². The van der Waals surface area contributed by atoms with E-state index in [4.69, 9.17) is 16.3 Å². The third kappa shape index (κ3) is 2.03. The van der Waals surface area contributed by atoms with Gasteiger partial charge in [-0.3, -0.25) is 0 Å². The van der Waals surface area contributed by atoms with E-state index in [1.54, 1.807) is 0 Å². The van der Waals surface area contributed by atoms with Gasteiger partial charge in [-0.15, -0.1) is 0 Å². The van der Waals surface area contributed by atoms with Crippen molar-refractivity contribution in [2.45, 2.75) is 32.3 Å². The zero-order chi connectivity index (χ0) is 9.97. The highest BCUT2D eigenvalue weighted by Gasteiger charge is 2.29. The van der Waals surface area contributed by atoms with Crippen LogP contribution >= 0.6 is 11.6 Å². The zero-order valence-electron chi connectivity index (χ0n) is 8.37. The number of hydrogen-bond acceptors (Lipinski definition) is 1. The van der Waals surface area contributed by atoms with Gasteiger partial charge in [0.25, 0.3) is 0 Å². The van der Waals surface area contributed by atoms with Gasteiger partial charge in [0.15, 0.2) is 0 Å². The summed E-state index contributed by atoms with van der Waals surface area (Å²) in [4.78, 5) is 0. The van der Waals surface area contributed by atoms with E-state index < -0.39 is 0 Å². The molecule has 2 heteroatoms. The molecule has 0 N–H and O–H groups in total. The second-order valence-corrected chi connectivity index (χ2v) is 4.32. The molecule has 1 aliphatic carbocycles. The highest BCUT2D eigenvalue weighted by atomic mass is 35.5. The van der Waals surface area contributed by atoms with Crippen molar-refractivity contribution in [2.24, 2.45) is 5.92 Å². The van der Waals surface area contributed by atoms with E-state index in [0.29, 0.717) is 11.1 Å². The Morgan fingerprint density at radius 1 is 1.36 bits per heavy atom. The van der Waals surface area contributed by atoms with Crippen LogP contribution in [-0.2, 0) is 0 Å². The van der Waals surface area contributed by atoms with Crippen LogP contribution in [0.2, 0.25) is 5.02 Å². The van der Waals surface area contributed by atoms with Crippen molar-refractivity contribution in [2.75, 3.05) is 0 Å². The highest BCUT2D eigenvalue weighted by Crippen LogP contribution is 2.35. The fraction of sp³-hybridized carbons (Fsp3) is 0.500. The maximum Gasteiger partial charge on any atom is 0.138 e. The molecule has 1 aliphatic rings. The molecule has 0 spiro atoms. The molecule has 0 radical (unpaired) electrons. The Morgan fingerprint density at radius 3 is 2.71 bits per heavy atom. The normalized spacial score (nSPS) is 25.6. The first-order valence-electron chi connectivity index (χ1n) is 5.20. The summed E-state index contributed by atoms with van der Waals surface area (Å²) in [5, 5.41) is 0.715. The fourth-order valence-corrected chi connectivity index (χ4v) is 2.00. The van der Waals surface area contributed by atoms with E-state index >= 15 is 0 Å². The van der Waals surface area contributed by atoms with Crippen LogP contribution in [0.1, 0.15) is 26.2 Å². The Hall–Kier alpha value is -0.690. The molecule has 2 rings (SSSR count). The Balaban J connectivity index is 1.90. The summed E-state index contributed by atoms with van der Waals surface area (Å²) in [5.41, 5.74) is 0. The van der Waals surface area contributed by atoms with Gasteiger partial charge in [0.05, 0.1) is 11.1 Å². The third-order valence-electron chi connectivity index (χ3n) is 2.90. The van der Waals surface area contributed by atoms with Crippen molar-refractivity contribution in [3.05, 3.63) is 29.3 Å². The molecule has 1 saturated carbocycles. The van der Waals surface area contributed by atoms with E-state index in [1.165, 1.54) is 19.3 Å². The number of ether oxygens (including phenoxy) is 1. The molecular weight excluding hydrogens is 196 g/mol. The first-order valence-corrected chi connectivity index (χ1v) is 5.58. The molecule has 0 bridgehead atoms. The summed E-state index contributed by atoms with van der Waals surface area (Å²) in [6.45, 7) is 2.23. The maximum absolute atomic E-state index is 5.99. The number of halogens is 1. The maximum atomic E-state index is 5.99. The standard InChI is InChI=1S/C12H15ClO/c1-2-9-7-10(8-9)14-12-6-4-3-5-11(12)13/h3-6,9-10H,2,7-8H2,1H3/t9-,10+. The Bertz CT molecular complexity index is 305. The number of hydrogen-bond donors (Lipinski definition) is 0. The lowest BCUT2D eigenvalue weighted by Crippen LogP contribution is -2.33. The van der Waals surface area contributed by atoms with E-state index in [0.717, 1.165) is 11.7 Å². The molecule has 0 atom stereocenters. The lowest BCUT2D eigenvalue weighted by atomic mass is 9.80. The Morgan fingerprint density at radius 2 is 2.07 bits per heavy atom. The van der Waals surface area contributed by atoms with Crippen LogP contribution < -0.4 is 4.74 Å². The fourth-order valence-electron chi connectivity index (χ4n) is 1.82. The summed E-state index contributed by atoms with van der Waals surface area (Å²) in [7, 11) is 0. The molecule has 0 unspecified atom stereocenters. The predicted molar refractivity (Wildman–Crippen MR) is 58.9 cm³/mol. The molecule has 0 amide bonds. The first kappa shape index (κ1) is 9.85. The van der Waals surface area contributed by atoms with Gasteiger partial charge in [0.2, 0.25) is 0 Å². The monoisotopic (exact) mass is 210 g/mol. The van der Waals surface area contributed by atoms with Gasteiger partial charge in [0.1, 0.15) is 5.75 Å². The molecule has 14 heavy (non-hydrogen) atoms. The molecule has 1 nitrogen and oxygen atoms in total. The molecule has 76 valence electrons. The van der Waals surface area contributed by atoms with Gasteiger partial charge < -0.3 is 4.74 Å². The van der Waals surface area contributed by atoms with Crippen LogP contribution in [0, 0.1) is 5.92 Å². The summed E-state index contributed by atoms with van der Waals surface area (Å²) in [6, 6.07) is 7.68.